The molecule has 0 N–H and O–H groups in total. The van der Waals surface area contributed by atoms with E-state index >= 15 is 0 Å². The third-order valence-corrected chi connectivity index (χ3v) is 21.9. The van der Waals surface area contributed by atoms with Crippen LogP contribution in [0.4, 0.5) is 0 Å². The lowest BCUT2D eigenvalue weighted by atomic mass is 9.70. The molecule has 2 bridgehead atoms. The number of hydrogen-bond donors (Lipinski definition) is 0. The first kappa shape index (κ1) is 28.6. The maximum atomic E-state index is 14.2. The van der Waals surface area contributed by atoms with Gasteiger partial charge >= 0.3 is 0 Å². The molecule has 3 aliphatic carbocycles. The van der Waals surface area contributed by atoms with Crippen molar-refractivity contribution in [2.75, 3.05) is 12.4 Å². The molecule has 4 rings (SSSR count). The van der Waals surface area contributed by atoms with Crippen LogP contribution in [0.5, 0.6) is 0 Å². The van der Waals surface area contributed by atoms with E-state index in [1.54, 1.807) is 0 Å². The van der Waals surface area contributed by atoms with E-state index in [0.29, 0.717) is 11.6 Å². The summed E-state index contributed by atoms with van der Waals surface area (Å²) in [5.74, 6) is 0.661. The SMILES string of the molecule is CC1(C)C2CCC1(CS(=O)(=O)N=[P@](C)(c1ccccc1)C1CCCCC1)[C@H](O[Si](C)(C)C(C)(C)C)C2. The summed E-state index contributed by atoms with van der Waals surface area (Å²) in [6, 6.07) is 10.3. The fourth-order valence-corrected chi connectivity index (χ4v) is 15.8. The highest BCUT2D eigenvalue weighted by Crippen LogP contribution is 2.68. The van der Waals surface area contributed by atoms with Crippen LogP contribution in [0.3, 0.4) is 0 Å². The van der Waals surface area contributed by atoms with Crippen LogP contribution < -0.4 is 5.30 Å². The molecular formula is C29H50NO3PSSi. The van der Waals surface area contributed by atoms with Crippen LogP contribution in [-0.2, 0) is 14.4 Å². The van der Waals surface area contributed by atoms with E-state index in [2.05, 4.69) is 66.5 Å². The average Bonchev–Trinajstić information content (AvgIpc) is 3.13. The molecule has 0 saturated heterocycles. The minimum absolute atomic E-state index is 0.00751. The molecule has 0 radical (unpaired) electrons. The zero-order valence-electron chi connectivity index (χ0n) is 24.0. The molecule has 3 fully saturated rings. The summed E-state index contributed by atoms with van der Waals surface area (Å²) in [6.07, 6.45) is 8.84. The first-order chi connectivity index (χ1) is 16.5. The van der Waals surface area contributed by atoms with Gasteiger partial charge in [-0.3, -0.25) is 0 Å². The molecule has 0 heterocycles. The number of sulfonamides is 1. The molecule has 36 heavy (non-hydrogen) atoms. The summed E-state index contributed by atoms with van der Waals surface area (Å²) in [6.45, 7) is 18.2. The van der Waals surface area contributed by atoms with Crippen LogP contribution in [0.1, 0.15) is 86.0 Å². The molecule has 4 atom stereocenters. The van der Waals surface area contributed by atoms with E-state index < -0.39 is 25.4 Å². The molecule has 1 aromatic carbocycles. The lowest BCUT2D eigenvalue weighted by Crippen LogP contribution is -2.52. The Labute approximate surface area is 222 Å². The van der Waals surface area contributed by atoms with Crippen molar-refractivity contribution < 1.29 is 12.8 Å². The van der Waals surface area contributed by atoms with Gasteiger partial charge in [0, 0.05) is 12.5 Å². The predicted molar refractivity (Wildman–Crippen MR) is 158 cm³/mol. The van der Waals surface area contributed by atoms with Crippen molar-refractivity contribution in [1.82, 2.24) is 0 Å². The Morgan fingerprint density at radius 2 is 1.67 bits per heavy atom. The third kappa shape index (κ3) is 4.98. The lowest BCUT2D eigenvalue weighted by Gasteiger charge is -2.47. The van der Waals surface area contributed by atoms with Crippen molar-refractivity contribution in [3.8, 4) is 0 Å². The fourth-order valence-electron chi connectivity index (χ4n) is 7.29. The van der Waals surface area contributed by atoms with E-state index in [0.717, 1.165) is 37.4 Å². The molecule has 0 amide bonds. The smallest absolute Gasteiger partial charge is 0.252 e. The Kier molecular flexibility index (Phi) is 7.66. The predicted octanol–water partition coefficient (Wildman–Crippen LogP) is 8.02. The largest absolute Gasteiger partial charge is 0.413 e. The number of fused-ring (bicyclic) bond motifs is 2. The van der Waals surface area contributed by atoms with Gasteiger partial charge in [0.05, 0.1) is 11.9 Å². The second kappa shape index (κ2) is 9.64. The molecule has 0 spiro atoms. The van der Waals surface area contributed by atoms with Gasteiger partial charge in [0.2, 0.25) is 0 Å². The second-order valence-corrected chi connectivity index (χ2v) is 24.3. The maximum Gasteiger partial charge on any atom is 0.252 e. The second-order valence-electron chi connectivity index (χ2n) is 14.2. The van der Waals surface area contributed by atoms with Gasteiger partial charge in [-0.1, -0.05) is 84.2 Å². The molecule has 7 heteroatoms. The molecule has 4 nitrogen and oxygen atoms in total. The normalized spacial score (nSPS) is 30.8. The van der Waals surface area contributed by atoms with Gasteiger partial charge < -0.3 is 4.43 Å². The molecule has 3 aliphatic rings. The molecule has 3 saturated carbocycles. The molecule has 2 unspecified atom stereocenters. The highest BCUT2D eigenvalue weighted by Gasteiger charge is 2.66. The van der Waals surface area contributed by atoms with Crippen LogP contribution in [-0.4, -0.2) is 40.9 Å². The topological polar surface area (TPSA) is 55.7 Å². The monoisotopic (exact) mass is 551 g/mol. The Balaban J connectivity index is 1.75. The van der Waals surface area contributed by atoms with E-state index in [1.807, 2.05) is 18.2 Å². The van der Waals surface area contributed by atoms with E-state index in [-0.39, 0.29) is 27.7 Å². The van der Waals surface area contributed by atoms with Crippen LogP contribution >= 0.6 is 7.05 Å². The van der Waals surface area contributed by atoms with E-state index in [4.69, 9.17) is 8.58 Å². The van der Waals surface area contributed by atoms with Gasteiger partial charge in [-0.2, -0.15) is 4.15 Å². The van der Waals surface area contributed by atoms with Crippen molar-refractivity contribution in [3.63, 3.8) is 0 Å². The van der Waals surface area contributed by atoms with Crippen molar-refractivity contribution in [3.05, 3.63) is 30.3 Å². The highest BCUT2D eigenvalue weighted by molar-refractivity contribution is 7.95. The summed E-state index contributed by atoms with van der Waals surface area (Å²) in [5.41, 5.74) is -0.0494. The lowest BCUT2D eigenvalue weighted by molar-refractivity contribution is 0.0237. The highest BCUT2D eigenvalue weighted by atomic mass is 32.2. The third-order valence-electron chi connectivity index (χ3n) is 10.9. The van der Waals surface area contributed by atoms with Gasteiger partial charge in [0.25, 0.3) is 10.0 Å². The number of rotatable bonds is 7. The van der Waals surface area contributed by atoms with Gasteiger partial charge in [-0.05, 0) is 79.2 Å². The fraction of sp³-hybridized carbons (Fsp3) is 0.793. The molecule has 0 aliphatic heterocycles. The first-order valence-corrected chi connectivity index (χ1v) is 20.9. The van der Waals surface area contributed by atoms with Gasteiger partial charge in [-0.25, -0.2) is 8.42 Å². The first-order valence-electron chi connectivity index (χ1n) is 14.1. The van der Waals surface area contributed by atoms with Crippen molar-refractivity contribution >= 4 is 30.7 Å². The van der Waals surface area contributed by atoms with Crippen LogP contribution in [0.2, 0.25) is 18.1 Å². The zero-order chi connectivity index (χ0) is 26.6. The van der Waals surface area contributed by atoms with E-state index in [1.165, 1.54) is 19.3 Å². The summed E-state index contributed by atoms with van der Waals surface area (Å²) in [4.78, 5) is 0. The Morgan fingerprint density at radius 3 is 2.22 bits per heavy atom. The van der Waals surface area contributed by atoms with Gasteiger partial charge in [0.1, 0.15) is 0 Å². The summed E-state index contributed by atoms with van der Waals surface area (Å²) >= 11 is 0. The van der Waals surface area contributed by atoms with Crippen LogP contribution in [0, 0.1) is 16.7 Å². The maximum absolute atomic E-state index is 14.2. The summed E-state index contributed by atoms with van der Waals surface area (Å²) in [5, 5.41) is 1.24. The number of nitrogens with zero attached hydrogens (tertiary/aromatic N) is 1. The van der Waals surface area contributed by atoms with Crippen LogP contribution in [0.15, 0.2) is 34.5 Å². The number of benzene rings is 1. The van der Waals surface area contributed by atoms with E-state index in [9.17, 15) is 8.42 Å². The molecule has 204 valence electrons. The Hall–Kier alpha value is -0.423. The number of hydrogen-bond acceptors (Lipinski definition) is 3. The minimum Gasteiger partial charge on any atom is -0.413 e. The standard InChI is InChI=1S/C29H50NO3PSSi/c1-27(2,3)36(7,8)33-26-21-23-19-20-29(26,28(23,4)5)22-35(31,32)30-34(6,24-15-11-9-12-16-24)25-17-13-10-14-18-25/h9,11-12,15-16,23,25-26H,10,13-14,17-22H2,1-8H3/t23?,26-,29?,34-/m1/s1. The average molecular weight is 552 g/mol. The van der Waals surface area contributed by atoms with Crippen molar-refractivity contribution in [2.45, 2.75) is 116 Å². The quantitative estimate of drug-likeness (QED) is 0.255. The zero-order valence-corrected chi connectivity index (χ0v) is 26.7. The summed E-state index contributed by atoms with van der Waals surface area (Å²) < 4.78 is 40.5. The summed E-state index contributed by atoms with van der Waals surface area (Å²) in [7, 11) is -7.91. The van der Waals surface area contributed by atoms with Crippen molar-refractivity contribution in [2.24, 2.45) is 20.9 Å². The Morgan fingerprint density at radius 1 is 1.06 bits per heavy atom. The minimum atomic E-state index is -3.65. The van der Waals surface area contributed by atoms with Gasteiger partial charge in [-0.15, -0.1) is 0 Å². The Bertz CT molecular complexity index is 1100. The molecule has 0 aromatic heterocycles. The molecular weight excluding hydrogens is 501 g/mol. The van der Waals surface area contributed by atoms with Crippen LogP contribution in [0.25, 0.3) is 0 Å². The van der Waals surface area contributed by atoms with Crippen molar-refractivity contribution in [1.29, 1.82) is 0 Å². The molecule has 1 aromatic rings. The van der Waals surface area contributed by atoms with Gasteiger partial charge in [0.15, 0.2) is 8.32 Å².